The van der Waals surface area contributed by atoms with Crippen LogP contribution in [0.4, 0.5) is 0 Å². The molecule has 0 radical (unpaired) electrons. The van der Waals surface area contributed by atoms with Crippen LogP contribution in [0, 0.1) is 5.92 Å². The Morgan fingerprint density at radius 1 is 1.38 bits per heavy atom. The topological polar surface area (TPSA) is 40.5 Å². The first-order valence-electron chi connectivity index (χ1n) is 7.11. The lowest BCUT2D eigenvalue weighted by Crippen LogP contribution is -2.35. The zero-order valence-electron chi connectivity index (χ0n) is 12.0. The van der Waals surface area contributed by atoms with Gasteiger partial charge in [0.25, 0.3) is 0 Å². The minimum absolute atomic E-state index is 0.305. The first-order chi connectivity index (χ1) is 10.1. The highest BCUT2D eigenvalue weighted by molar-refractivity contribution is 7.08. The highest BCUT2D eigenvalue weighted by Crippen LogP contribution is 2.40. The van der Waals surface area contributed by atoms with E-state index in [0.29, 0.717) is 6.54 Å². The summed E-state index contributed by atoms with van der Waals surface area (Å²) in [4.78, 5) is 13.9. The van der Waals surface area contributed by atoms with Gasteiger partial charge in [0.2, 0.25) is 0 Å². The fourth-order valence-corrected chi connectivity index (χ4v) is 4.09. The van der Waals surface area contributed by atoms with Gasteiger partial charge in [0.1, 0.15) is 0 Å². The zero-order valence-corrected chi connectivity index (χ0v) is 12.8. The van der Waals surface area contributed by atoms with Crippen molar-refractivity contribution in [2.24, 2.45) is 5.92 Å². The molecule has 0 spiro atoms. The van der Waals surface area contributed by atoms with E-state index >= 15 is 0 Å². The number of hydrogen-bond acceptors (Lipinski definition) is 3. The molecular formula is C17H19NO2S. The minimum atomic E-state index is -0.695. The zero-order chi connectivity index (χ0) is 14.9. The van der Waals surface area contributed by atoms with Crippen LogP contribution in [0.1, 0.15) is 18.1 Å². The van der Waals surface area contributed by atoms with Crippen molar-refractivity contribution in [1.29, 1.82) is 0 Å². The second-order valence-electron chi connectivity index (χ2n) is 5.98. The van der Waals surface area contributed by atoms with Crippen molar-refractivity contribution in [2.75, 3.05) is 13.1 Å². The Morgan fingerprint density at radius 2 is 2.14 bits per heavy atom. The summed E-state index contributed by atoms with van der Waals surface area (Å²) >= 11 is 1.63. The number of aliphatic carboxylic acids is 1. The van der Waals surface area contributed by atoms with Crippen molar-refractivity contribution in [2.45, 2.75) is 18.9 Å². The van der Waals surface area contributed by atoms with Crippen molar-refractivity contribution >= 4 is 17.3 Å². The lowest BCUT2D eigenvalue weighted by Gasteiger charge is -2.27. The van der Waals surface area contributed by atoms with Crippen LogP contribution in [0.15, 0.2) is 47.2 Å². The molecule has 3 nitrogen and oxygen atoms in total. The van der Waals surface area contributed by atoms with Crippen molar-refractivity contribution in [3.05, 3.63) is 58.3 Å². The van der Waals surface area contributed by atoms with E-state index < -0.39 is 5.97 Å². The molecule has 0 bridgehead atoms. The third kappa shape index (κ3) is 2.74. The number of likely N-dealkylation sites (tertiary alicyclic amines) is 1. The molecule has 3 rings (SSSR count). The lowest BCUT2D eigenvalue weighted by atomic mass is 9.75. The maximum absolute atomic E-state index is 11.7. The normalized spacial score (nSPS) is 26.0. The molecule has 21 heavy (non-hydrogen) atoms. The Kier molecular flexibility index (Phi) is 3.83. The molecule has 1 aliphatic rings. The molecule has 2 heterocycles. The van der Waals surface area contributed by atoms with Gasteiger partial charge >= 0.3 is 5.97 Å². The minimum Gasteiger partial charge on any atom is -0.481 e. The van der Waals surface area contributed by atoms with Gasteiger partial charge in [-0.2, -0.15) is 11.3 Å². The van der Waals surface area contributed by atoms with Crippen molar-refractivity contribution in [3.63, 3.8) is 0 Å². The fourth-order valence-electron chi connectivity index (χ4n) is 3.29. The number of hydrogen-bond donors (Lipinski definition) is 1. The van der Waals surface area contributed by atoms with E-state index in [0.717, 1.165) is 18.7 Å². The van der Waals surface area contributed by atoms with Gasteiger partial charge in [-0.1, -0.05) is 37.3 Å². The van der Waals surface area contributed by atoms with Gasteiger partial charge in [0.15, 0.2) is 0 Å². The average molecular weight is 301 g/mol. The summed E-state index contributed by atoms with van der Waals surface area (Å²) in [6.45, 7) is 4.29. The van der Waals surface area contributed by atoms with Gasteiger partial charge in [-0.05, 0) is 28.0 Å². The van der Waals surface area contributed by atoms with Crippen LogP contribution in [-0.4, -0.2) is 29.1 Å². The standard InChI is InChI=1S/C17H19NO2S/c1-17(14-7-8-21-11-14)12-18(10-15(17)16(19)20)9-13-5-3-2-4-6-13/h2-8,11,15H,9-10,12H2,1H3,(H,19,20). The maximum atomic E-state index is 11.7. The number of rotatable bonds is 4. The molecule has 1 N–H and O–H groups in total. The van der Waals surface area contributed by atoms with E-state index in [1.54, 1.807) is 11.3 Å². The highest BCUT2D eigenvalue weighted by atomic mass is 32.1. The molecule has 4 heteroatoms. The summed E-state index contributed by atoms with van der Waals surface area (Å²) < 4.78 is 0. The molecular weight excluding hydrogens is 282 g/mol. The van der Waals surface area contributed by atoms with Gasteiger partial charge in [-0.15, -0.1) is 0 Å². The Morgan fingerprint density at radius 3 is 2.76 bits per heavy atom. The molecule has 1 aromatic heterocycles. The molecule has 0 saturated carbocycles. The maximum Gasteiger partial charge on any atom is 0.308 e. The van der Waals surface area contributed by atoms with Crippen LogP contribution >= 0.6 is 11.3 Å². The van der Waals surface area contributed by atoms with E-state index in [4.69, 9.17) is 0 Å². The van der Waals surface area contributed by atoms with Crippen LogP contribution < -0.4 is 0 Å². The summed E-state index contributed by atoms with van der Waals surface area (Å²) in [5.41, 5.74) is 2.08. The first kappa shape index (κ1) is 14.3. The van der Waals surface area contributed by atoms with E-state index in [1.165, 1.54) is 5.56 Å². The van der Waals surface area contributed by atoms with Crippen molar-refractivity contribution in [1.82, 2.24) is 4.90 Å². The van der Waals surface area contributed by atoms with Gasteiger partial charge in [-0.3, -0.25) is 9.69 Å². The van der Waals surface area contributed by atoms with Crippen molar-refractivity contribution in [3.8, 4) is 0 Å². The quantitative estimate of drug-likeness (QED) is 0.942. The SMILES string of the molecule is CC1(c2ccsc2)CN(Cc2ccccc2)CC1C(=O)O. The van der Waals surface area contributed by atoms with E-state index in [-0.39, 0.29) is 11.3 Å². The van der Waals surface area contributed by atoms with Crippen LogP contribution in [0.2, 0.25) is 0 Å². The second kappa shape index (κ2) is 5.62. The number of thiophene rings is 1. The summed E-state index contributed by atoms with van der Waals surface area (Å²) in [5.74, 6) is -1.05. The van der Waals surface area contributed by atoms with Gasteiger partial charge in [-0.25, -0.2) is 0 Å². The fraction of sp³-hybridized carbons (Fsp3) is 0.353. The first-order valence-corrected chi connectivity index (χ1v) is 8.05. The Balaban J connectivity index is 1.83. The molecule has 1 aromatic carbocycles. The van der Waals surface area contributed by atoms with E-state index in [1.807, 2.05) is 23.6 Å². The highest BCUT2D eigenvalue weighted by Gasteiger charge is 2.48. The smallest absolute Gasteiger partial charge is 0.308 e. The Labute approximate surface area is 128 Å². The molecule has 1 fully saturated rings. The van der Waals surface area contributed by atoms with Gasteiger partial charge in [0.05, 0.1) is 5.92 Å². The van der Waals surface area contributed by atoms with Crippen LogP contribution in [0.25, 0.3) is 0 Å². The third-order valence-electron chi connectivity index (χ3n) is 4.49. The summed E-state index contributed by atoms with van der Waals surface area (Å²) in [6, 6.07) is 12.3. The van der Waals surface area contributed by atoms with Gasteiger partial charge in [0, 0.05) is 25.0 Å². The lowest BCUT2D eigenvalue weighted by molar-refractivity contribution is -0.142. The van der Waals surface area contributed by atoms with E-state index in [2.05, 4.69) is 35.4 Å². The molecule has 2 aromatic rings. The molecule has 110 valence electrons. The molecule has 2 unspecified atom stereocenters. The average Bonchev–Trinajstić information content (AvgIpc) is 3.09. The molecule has 0 amide bonds. The Bertz CT molecular complexity index is 611. The summed E-state index contributed by atoms with van der Waals surface area (Å²) in [6.07, 6.45) is 0. The summed E-state index contributed by atoms with van der Waals surface area (Å²) in [7, 11) is 0. The second-order valence-corrected chi connectivity index (χ2v) is 6.76. The predicted molar refractivity (Wildman–Crippen MR) is 84.5 cm³/mol. The number of carboxylic acid groups (broad SMARTS) is 1. The largest absolute Gasteiger partial charge is 0.481 e. The van der Waals surface area contributed by atoms with E-state index in [9.17, 15) is 9.90 Å². The Hall–Kier alpha value is -1.65. The summed E-state index contributed by atoms with van der Waals surface area (Å²) in [5, 5.41) is 13.7. The number of carboxylic acids is 1. The van der Waals surface area contributed by atoms with Crippen LogP contribution in [-0.2, 0) is 16.8 Å². The van der Waals surface area contributed by atoms with Gasteiger partial charge < -0.3 is 5.11 Å². The number of nitrogens with zero attached hydrogens (tertiary/aromatic N) is 1. The van der Waals surface area contributed by atoms with Crippen molar-refractivity contribution < 1.29 is 9.90 Å². The van der Waals surface area contributed by atoms with Crippen LogP contribution in [0.3, 0.4) is 0 Å². The number of carbonyl (C=O) groups is 1. The predicted octanol–water partition coefficient (Wildman–Crippen LogP) is 3.22. The van der Waals surface area contributed by atoms with Crippen LogP contribution in [0.5, 0.6) is 0 Å². The molecule has 2 atom stereocenters. The molecule has 1 aliphatic heterocycles. The molecule has 1 saturated heterocycles. The third-order valence-corrected chi connectivity index (χ3v) is 5.17. The monoisotopic (exact) mass is 301 g/mol. The number of benzene rings is 1. The molecule has 0 aliphatic carbocycles.